The maximum absolute atomic E-state index is 12.7. The Labute approximate surface area is 220 Å². The van der Waals surface area contributed by atoms with Gasteiger partial charge in [0.1, 0.15) is 11.4 Å². The van der Waals surface area contributed by atoms with E-state index in [1.165, 1.54) is 6.08 Å². The number of ether oxygens (including phenoxy) is 1. The Balaban J connectivity index is 1.82. The second-order valence-electron chi connectivity index (χ2n) is 6.96. The molecule has 3 aromatic carbocycles. The van der Waals surface area contributed by atoms with Gasteiger partial charge in [0.25, 0.3) is 11.8 Å². The molecule has 35 heavy (non-hydrogen) atoms. The summed E-state index contributed by atoms with van der Waals surface area (Å²) in [5, 5.41) is 14.9. The Bertz CT molecular complexity index is 1300. The van der Waals surface area contributed by atoms with Crippen molar-refractivity contribution in [2.24, 2.45) is 0 Å². The molecule has 0 saturated heterocycles. The van der Waals surface area contributed by atoms with Gasteiger partial charge in [0, 0.05) is 5.69 Å². The number of anilines is 1. The number of methoxy groups -OCH3 is 1. The van der Waals surface area contributed by atoms with Crippen molar-refractivity contribution in [2.75, 3.05) is 12.4 Å². The molecule has 11 heteroatoms. The molecule has 0 fully saturated rings. The van der Waals surface area contributed by atoms with Crippen LogP contribution < -0.4 is 10.6 Å². The molecular weight excluding hydrogens is 538 g/mol. The molecule has 0 bridgehead atoms. The van der Waals surface area contributed by atoms with Gasteiger partial charge in [0.2, 0.25) is 0 Å². The fraction of sp³-hybridized carbons (Fsp3) is 0.0417. The molecular formula is C24H16Cl4N2O5. The lowest BCUT2D eigenvalue weighted by Crippen LogP contribution is -2.28. The van der Waals surface area contributed by atoms with E-state index < -0.39 is 17.8 Å². The molecule has 180 valence electrons. The van der Waals surface area contributed by atoms with E-state index in [0.717, 1.165) is 19.2 Å². The molecule has 2 amide bonds. The summed E-state index contributed by atoms with van der Waals surface area (Å²) in [6.07, 6.45) is 1.36. The Morgan fingerprint density at radius 1 is 0.829 bits per heavy atom. The van der Waals surface area contributed by atoms with Crippen molar-refractivity contribution in [2.45, 2.75) is 0 Å². The number of nitrogens with one attached hydrogen (secondary N) is 2. The van der Waals surface area contributed by atoms with E-state index in [0.29, 0.717) is 11.3 Å². The van der Waals surface area contributed by atoms with Gasteiger partial charge in [-0.1, -0.05) is 64.6 Å². The van der Waals surface area contributed by atoms with E-state index >= 15 is 0 Å². The fourth-order valence-corrected chi connectivity index (χ4v) is 4.17. The topological polar surface area (TPSA) is 105 Å². The van der Waals surface area contributed by atoms with E-state index in [-0.39, 0.29) is 42.7 Å². The van der Waals surface area contributed by atoms with Crippen molar-refractivity contribution < 1.29 is 24.2 Å². The van der Waals surface area contributed by atoms with Crippen LogP contribution in [0.25, 0.3) is 6.08 Å². The summed E-state index contributed by atoms with van der Waals surface area (Å²) in [5.41, 5.74) is 0.758. The first-order valence-electron chi connectivity index (χ1n) is 9.75. The summed E-state index contributed by atoms with van der Waals surface area (Å²) < 4.78 is 4.74. The maximum Gasteiger partial charge on any atom is 0.354 e. The highest BCUT2D eigenvalue weighted by molar-refractivity contribution is 6.41. The highest BCUT2D eigenvalue weighted by Crippen LogP contribution is 2.30. The number of hydrogen-bond acceptors (Lipinski definition) is 5. The number of aromatic hydroxyl groups is 1. The molecule has 0 unspecified atom stereocenters. The highest BCUT2D eigenvalue weighted by atomic mass is 35.5. The van der Waals surface area contributed by atoms with E-state index in [2.05, 4.69) is 10.6 Å². The number of amides is 2. The normalized spacial score (nSPS) is 11.1. The quantitative estimate of drug-likeness (QED) is 0.249. The first kappa shape index (κ1) is 26.4. The Morgan fingerprint density at radius 3 is 1.91 bits per heavy atom. The number of carbonyl (C=O) groups is 3. The van der Waals surface area contributed by atoms with Gasteiger partial charge in [-0.05, 0) is 48.0 Å². The number of benzene rings is 3. The van der Waals surface area contributed by atoms with Gasteiger partial charge in [0.15, 0.2) is 0 Å². The van der Waals surface area contributed by atoms with Gasteiger partial charge in [0.05, 0.1) is 38.3 Å². The predicted octanol–water partition coefficient (Wildman–Crippen LogP) is 6.20. The second-order valence-corrected chi connectivity index (χ2v) is 8.59. The third-order valence-corrected chi connectivity index (χ3v) is 5.80. The summed E-state index contributed by atoms with van der Waals surface area (Å²) in [7, 11) is 1.15. The molecule has 3 aromatic rings. The Morgan fingerprint density at radius 2 is 1.37 bits per heavy atom. The van der Waals surface area contributed by atoms with E-state index in [9.17, 15) is 19.5 Å². The average molecular weight is 554 g/mol. The first-order chi connectivity index (χ1) is 16.6. The smallest absolute Gasteiger partial charge is 0.354 e. The lowest BCUT2D eigenvalue weighted by Gasteiger charge is -2.11. The number of halogens is 4. The molecule has 3 rings (SSSR count). The zero-order valence-corrected chi connectivity index (χ0v) is 20.9. The van der Waals surface area contributed by atoms with Crippen LogP contribution in [-0.4, -0.2) is 30.0 Å². The molecule has 0 aromatic heterocycles. The molecule has 0 spiro atoms. The molecule has 0 aliphatic rings. The zero-order valence-electron chi connectivity index (χ0n) is 17.9. The molecule has 0 heterocycles. The average Bonchev–Trinajstić information content (AvgIpc) is 2.78. The number of carbonyl (C=O) groups excluding carboxylic acids is 3. The summed E-state index contributed by atoms with van der Waals surface area (Å²) in [5.74, 6) is -2.31. The van der Waals surface area contributed by atoms with Crippen LogP contribution in [0.4, 0.5) is 5.69 Å². The number of esters is 1. The van der Waals surface area contributed by atoms with Crippen LogP contribution in [-0.2, 0) is 9.53 Å². The minimum absolute atomic E-state index is 0.101. The maximum atomic E-state index is 12.7. The van der Waals surface area contributed by atoms with Crippen LogP contribution in [0, 0.1) is 0 Å². The van der Waals surface area contributed by atoms with Crippen molar-refractivity contribution in [3.63, 3.8) is 0 Å². The lowest BCUT2D eigenvalue weighted by atomic mass is 10.1. The van der Waals surface area contributed by atoms with Crippen LogP contribution in [0.3, 0.4) is 0 Å². The largest absolute Gasteiger partial charge is 0.508 e. The Kier molecular flexibility index (Phi) is 8.64. The molecule has 0 saturated carbocycles. The van der Waals surface area contributed by atoms with Crippen LogP contribution in [0.1, 0.15) is 26.3 Å². The molecule has 0 atom stereocenters. The monoisotopic (exact) mass is 552 g/mol. The Hall–Kier alpha value is -3.23. The zero-order chi connectivity index (χ0) is 25.7. The van der Waals surface area contributed by atoms with Crippen molar-refractivity contribution in [3.8, 4) is 5.75 Å². The van der Waals surface area contributed by atoms with E-state index in [1.54, 1.807) is 42.5 Å². The van der Waals surface area contributed by atoms with Gasteiger partial charge in [-0.25, -0.2) is 4.79 Å². The molecule has 0 radical (unpaired) electrons. The number of phenolic OH excluding ortho intramolecular Hbond substituents is 1. The van der Waals surface area contributed by atoms with Crippen molar-refractivity contribution in [1.82, 2.24) is 5.32 Å². The predicted molar refractivity (Wildman–Crippen MR) is 136 cm³/mol. The third kappa shape index (κ3) is 6.46. The summed E-state index contributed by atoms with van der Waals surface area (Å²) in [4.78, 5) is 37.5. The number of phenols is 1. The van der Waals surface area contributed by atoms with Crippen LogP contribution in [0.2, 0.25) is 20.1 Å². The minimum atomic E-state index is -0.824. The van der Waals surface area contributed by atoms with Gasteiger partial charge < -0.3 is 20.5 Å². The first-order valence-corrected chi connectivity index (χ1v) is 11.3. The standard InChI is InChI=1S/C24H16Cl4N2O5/c1-35-24(34)19(30-23(33)21-17(27)10-14(31)11-18(21)28)9-12-5-7-13(8-6-12)29-22(32)20-15(25)3-2-4-16(20)26/h2-11,31H,1H3,(H,29,32)(H,30,33)/b19-9-. The van der Waals surface area contributed by atoms with Crippen molar-refractivity contribution in [3.05, 3.63) is 97.1 Å². The minimum Gasteiger partial charge on any atom is -0.508 e. The van der Waals surface area contributed by atoms with Crippen molar-refractivity contribution >= 4 is 76.0 Å². The summed E-state index contributed by atoms with van der Waals surface area (Å²) >= 11 is 24.2. The second kappa shape index (κ2) is 11.5. The number of rotatable bonds is 6. The van der Waals surface area contributed by atoms with E-state index in [4.69, 9.17) is 51.1 Å². The SMILES string of the molecule is COC(=O)/C(=C/c1ccc(NC(=O)c2c(Cl)cccc2Cl)cc1)NC(=O)c1c(Cl)cc(O)cc1Cl. The van der Waals surface area contributed by atoms with Crippen molar-refractivity contribution in [1.29, 1.82) is 0 Å². The van der Waals surface area contributed by atoms with Gasteiger partial charge in [-0.3, -0.25) is 9.59 Å². The lowest BCUT2D eigenvalue weighted by molar-refractivity contribution is -0.136. The molecule has 0 aliphatic heterocycles. The molecule has 7 nitrogen and oxygen atoms in total. The number of hydrogen-bond donors (Lipinski definition) is 3. The van der Waals surface area contributed by atoms with Gasteiger partial charge >= 0.3 is 5.97 Å². The van der Waals surface area contributed by atoms with Crippen LogP contribution in [0.5, 0.6) is 5.75 Å². The van der Waals surface area contributed by atoms with Gasteiger partial charge in [-0.15, -0.1) is 0 Å². The van der Waals surface area contributed by atoms with E-state index in [1.807, 2.05) is 0 Å². The molecule has 3 N–H and O–H groups in total. The fourth-order valence-electron chi connectivity index (χ4n) is 2.96. The summed E-state index contributed by atoms with van der Waals surface area (Å²) in [6, 6.07) is 13.4. The van der Waals surface area contributed by atoms with Crippen LogP contribution >= 0.6 is 46.4 Å². The highest BCUT2D eigenvalue weighted by Gasteiger charge is 2.20. The molecule has 0 aliphatic carbocycles. The van der Waals surface area contributed by atoms with Gasteiger partial charge in [-0.2, -0.15) is 0 Å². The summed E-state index contributed by atoms with van der Waals surface area (Å²) in [6.45, 7) is 0. The third-order valence-electron chi connectivity index (χ3n) is 4.58. The van der Waals surface area contributed by atoms with Crippen LogP contribution in [0.15, 0.2) is 60.3 Å².